The lowest BCUT2D eigenvalue weighted by Crippen LogP contribution is -2.13. The lowest BCUT2D eigenvalue weighted by atomic mass is 9.83. The molecule has 1 saturated carbocycles. The number of benzene rings is 1. The number of hydrogen-bond acceptors (Lipinski definition) is 2. The van der Waals surface area contributed by atoms with Gasteiger partial charge in [-0.15, -0.1) is 0 Å². The van der Waals surface area contributed by atoms with Crippen molar-refractivity contribution in [1.29, 1.82) is 0 Å². The molecule has 1 aliphatic carbocycles. The Balaban J connectivity index is 0.000000437. The van der Waals surface area contributed by atoms with Crippen LogP contribution in [-0.2, 0) is 16.1 Å². The zero-order valence-corrected chi connectivity index (χ0v) is 10.0. The van der Waals surface area contributed by atoms with Crippen LogP contribution < -0.4 is 0 Å². The van der Waals surface area contributed by atoms with Gasteiger partial charge in [0.05, 0.1) is 6.61 Å². The second kappa shape index (κ2) is 8.76. The first-order chi connectivity index (χ1) is 8.36. The summed E-state index contributed by atoms with van der Waals surface area (Å²) in [4.78, 5) is 8.36. The number of rotatable bonds is 5. The molecule has 1 aromatic carbocycles. The first-order valence-corrected chi connectivity index (χ1v) is 6.06. The van der Waals surface area contributed by atoms with Crippen molar-refractivity contribution < 1.29 is 14.6 Å². The standard InChI is InChI=1S/C13H18O.CH2O2/c1-2-5-13(6-3-1)11-14-10-9-12-7-4-8-12;2-1-3/h1-3,5-6,12H,4,7-11H2;1H,(H,2,3). The van der Waals surface area contributed by atoms with Gasteiger partial charge in [0.2, 0.25) is 0 Å². The van der Waals surface area contributed by atoms with Gasteiger partial charge in [0, 0.05) is 6.61 Å². The topological polar surface area (TPSA) is 46.5 Å². The van der Waals surface area contributed by atoms with Gasteiger partial charge < -0.3 is 9.84 Å². The van der Waals surface area contributed by atoms with E-state index < -0.39 is 0 Å². The molecule has 0 radical (unpaired) electrons. The quantitative estimate of drug-likeness (QED) is 0.631. The van der Waals surface area contributed by atoms with Gasteiger partial charge in [-0.2, -0.15) is 0 Å². The monoisotopic (exact) mass is 236 g/mol. The normalized spacial score (nSPS) is 14.4. The molecule has 0 unspecified atom stereocenters. The summed E-state index contributed by atoms with van der Waals surface area (Å²) in [5.41, 5.74) is 1.28. The summed E-state index contributed by atoms with van der Waals surface area (Å²) in [6.07, 6.45) is 5.54. The van der Waals surface area contributed by atoms with E-state index >= 15 is 0 Å². The van der Waals surface area contributed by atoms with Crippen molar-refractivity contribution in [3.05, 3.63) is 35.9 Å². The SMILES string of the molecule is O=CO.c1ccc(COCCC2CCC2)cc1. The van der Waals surface area contributed by atoms with Crippen LogP contribution in [0.2, 0.25) is 0 Å². The number of carboxylic acid groups (broad SMARTS) is 1. The summed E-state index contributed by atoms with van der Waals surface area (Å²) in [5, 5.41) is 6.89. The van der Waals surface area contributed by atoms with Crippen LogP contribution in [0.4, 0.5) is 0 Å². The van der Waals surface area contributed by atoms with Gasteiger partial charge in [-0.3, -0.25) is 4.79 Å². The van der Waals surface area contributed by atoms with Crippen LogP contribution in [0.15, 0.2) is 30.3 Å². The van der Waals surface area contributed by atoms with E-state index in [9.17, 15) is 0 Å². The van der Waals surface area contributed by atoms with E-state index in [1.807, 2.05) is 6.07 Å². The van der Waals surface area contributed by atoms with Gasteiger partial charge in [0.15, 0.2) is 0 Å². The molecule has 3 nitrogen and oxygen atoms in total. The number of hydrogen-bond donors (Lipinski definition) is 1. The second-order valence-corrected chi connectivity index (χ2v) is 4.23. The largest absolute Gasteiger partial charge is 0.483 e. The summed E-state index contributed by atoms with van der Waals surface area (Å²) in [6.45, 7) is 1.45. The van der Waals surface area contributed by atoms with Crippen molar-refractivity contribution in [2.24, 2.45) is 5.92 Å². The van der Waals surface area contributed by atoms with E-state index in [1.54, 1.807) is 0 Å². The highest BCUT2D eigenvalue weighted by Gasteiger charge is 2.16. The highest BCUT2D eigenvalue weighted by molar-refractivity contribution is 5.32. The van der Waals surface area contributed by atoms with Crippen LogP contribution in [0.25, 0.3) is 0 Å². The zero-order chi connectivity index (χ0) is 12.3. The van der Waals surface area contributed by atoms with Crippen molar-refractivity contribution in [1.82, 2.24) is 0 Å². The summed E-state index contributed by atoms with van der Waals surface area (Å²) < 4.78 is 5.63. The maximum atomic E-state index is 8.36. The van der Waals surface area contributed by atoms with Crippen molar-refractivity contribution in [2.75, 3.05) is 6.61 Å². The molecular weight excluding hydrogens is 216 g/mol. The molecule has 0 heterocycles. The van der Waals surface area contributed by atoms with Crippen molar-refractivity contribution >= 4 is 6.47 Å². The van der Waals surface area contributed by atoms with E-state index in [-0.39, 0.29) is 6.47 Å². The molecule has 2 rings (SSSR count). The van der Waals surface area contributed by atoms with Gasteiger partial charge in [0.1, 0.15) is 0 Å². The Morgan fingerprint density at radius 3 is 2.47 bits per heavy atom. The Kier molecular flexibility index (Phi) is 7.07. The molecule has 0 bridgehead atoms. The van der Waals surface area contributed by atoms with E-state index in [0.29, 0.717) is 0 Å². The third kappa shape index (κ3) is 6.07. The van der Waals surface area contributed by atoms with Gasteiger partial charge in [0.25, 0.3) is 6.47 Å². The van der Waals surface area contributed by atoms with E-state index in [4.69, 9.17) is 14.6 Å². The molecule has 94 valence electrons. The van der Waals surface area contributed by atoms with Crippen molar-refractivity contribution in [3.63, 3.8) is 0 Å². The predicted octanol–water partition coefficient (Wildman–Crippen LogP) is 3.09. The van der Waals surface area contributed by atoms with Crippen molar-refractivity contribution in [2.45, 2.75) is 32.3 Å². The molecule has 0 spiro atoms. The lowest BCUT2D eigenvalue weighted by Gasteiger charge is -2.24. The summed E-state index contributed by atoms with van der Waals surface area (Å²) in [5.74, 6) is 0.964. The minimum Gasteiger partial charge on any atom is -0.483 e. The molecule has 1 aromatic rings. The molecule has 1 fully saturated rings. The molecule has 3 heteroatoms. The number of ether oxygens (including phenoxy) is 1. The molecule has 1 aliphatic rings. The molecule has 0 aliphatic heterocycles. The van der Waals surface area contributed by atoms with Crippen LogP contribution >= 0.6 is 0 Å². The first kappa shape index (κ1) is 13.7. The molecular formula is C14H20O3. The highest BCUT2D eigenvalue weighted by atomic mass is 16.5. The average molecular weight is 236 g/mol. The second-order valence-electron chi connectivity index (χ2n) is 4.23. The Hall–Kier alpha value is -1.35. The molecule has 1 N–H and O–H groups in total. The Labute approximate surface area is 102 Å². The molecule has 0 amide bonds. The minimum atomic E-state index is -0.250. The third-order valence-corrected chi connectivity index (χ3v) is 3.01. The first-order valence-electron chi connectivity index (χ1n) is 6.06. The third-order valence-electron chi connectivity index (χ3n) is 3.01. The van der Waals surface area contributed by atoms with E-state index in [1.165, 1.54) is 31.2 Å². The van der Waals surface area contributed by atoms with Gasteiger partial charge >= 0.3 is 0 Å². The summed E-state index contributed by atoms with van der Waals surface area (Å²) in [6, 6.07) is 10.4. The highest BCUT2D eigenvalue weighted by Crippen LogP contribution is 2.29. The van der Waals surface area contributed by atoms with Gasteiger partial charge in [-0.05, 0) is 17.9 Å². The lowest BCUT2D eigenvalue weighted by molar-refractivity contribution is -0.122. The maximum Gasteiger partial charge on any atom is 0.290 e. The van der Waals surface area contributed by atoms with E-state index in [0.717, 1.165) is 19.1 Å². The smallest absolute Gasteiger partial charge is 0.290 e. The van der Waals surface area contributed by atoms with Crippen molar-refractivity contribution in [3.8, 4) is 0 Å². The van der Waals surface area contributed by atoms with E-state index in [2.05, 4.69) is 24.3 Å². The minimum absolute atomic E-state index is 0.250. The Morgan fingerprint density at radius 2 is 1.94 bits per heavy atom. The van der Waals surface area contributed by atoms with Crippen LogP contribution in [0.5, 0.6) is 0 Å². The summed E-state index contributed by atoms with van der Waals surface area (Å²) >= 11 is 0. The van der Waals surface area contributed by atoms with Crippen LogP contribution in [0.3, 0.4) is 0 Å². The molecule has 0 aromatic heterocycles. The molecule has 0 atom stereocenters. The van der Waals surface area contributed by atoms with Gasteiger partial charge in [-0.1, -0.05) is 49.6 Å². The van der Waals surface area contributed by atoms with Crippen LogP contribution in [0.1, 0.15) is 31.2 Å². The fraction of sp³-hybridized carbons (Fsp3) is 0.500. The van der Waals surface area contributed by atoms with Crippen LogP contribution in [-0.4, -0.2) is 18.2 Å². The molecule has 0 saturated heterocycles. The van der Waals surface area contributed by atoms with Gasteiger partial charge in [-0.25, -0.2) is 0 Å². The fourth-order valence-corrected chi connectivity index (χ4v) is 1.80. The fourth-order valence-electron chi connectivity index (χ4n) is 1.80. The predicted molar refractivity (Wildman–Crippen MR) is 66.7 cm³/mol. The average Bonchev–Trinajstić information content (AvgIpc) is 2.29. The summed E-state index contributed by atoms with van der Waals surface area (Å²) in [7, 11) is 0. The zero-order valence-electron chi connectivity index (χ0n) is 10.0. The maximum absolute atomic E-state index is 8.36. The Morgan fingerprint density at radius 1 is 1.29 bits per heavy atom. The molecule has 17 heavy (non-hydrogen) atoms. The van der Waals surface area contributed by atoms with Crippen LogP contribution in [0, 0.1) is 5.92 Å². The number of carbonyl (C=O) groups is 1. The Bertz CT molecular complexity index is 294.